The van der Waals surface area contributed by atoms with E-state index in [-0.39, 0.29) is 17.8 Å². The van der Waals surface area contributed by atoms with Crippen LogP contribution in [-0.2, 0) is 6.18 Å². The smallest absolute Gasteiger partial charge is 0.352 e. The van der Waals surface area contributed by atoms with E-state index in [1.165, 1.54) is 0 Å². The van der Waals surface area contributed by atoms with Crippen LogP contribution in [0.15, 0.2) is 24.3 Å². The molecule has 0 saturated carbocycles. The Balaban J connectivity index is 2.40. The lowest BCUT2D eigenvalue weighted by Gasteiger charge is -2.16. The molecule has 1 atom stereocenters. The molecule has 1 aromatic heterocycles. The van der Waals surface area contributed by atoms with Gasteiger partial charge < -0.3 is 10.6 Å². The van der Waals surface area contributed by atoms with Crippen molar-refractivity contribution in [2.45, 2.75) is 46.3 Å². The first-order valence-electron chi connectivity index (χ1n) is 7.76. The molecule has 1 heterocycles. The standard InChI is InChI=1S/C17H21F3N4/c1-5-12(4)21-16-23-14(17(18,19)20)9-15(24-16)22-13-8-10(2)6-7-11(13)3/h6-9,12H,5H2,1-4H3,(H2,21,22,23,24)/t12-/m1/s1. The number of rotatable bonds is 5. The number of nitrogens with zero attached hydrogens (tertiary/aromatic N) is 2. The lowest BCUT2D eigenvalue weighted by molar-refractivity contribution is -0.141. The number of hydrogen-bond donors (Lipinski definition) is 2. The normalized spacial score (nSPS) is 12.8. The topological polar surface area (TPSA) is 49.8 Å². The number of aromatic nitrogens is 2. The maximum absolute atomic E-state index is 13.1. The van der Waals surface area contributed by atoms with Gasteiger partial charge in [-0.3, -0.25) is 0 Å². The van der Waals surface area contributed by atoms with Crippen molar-refractivity contribution in [1.29, 1.82) is 0 Å². The zero-order valence-electron chi connectivity index (χ0n) is 14.1. The number of nitrogens with one attached hydrogen (secondary N) is 2. The first-order chi connectivity index (χ1) is 11.2. The molecule has 0 radical (unpaired) electrons. The molecular weight excluding hydrogens is 317 g/mol. The Morgan fingerprint density at radius 2 is 1.83 bits per heavy atom. The van der Waals surface area contributed by atoms with Crippen LogP contribution in [0.5, 0.6) is 0 Å². The molecular formula is C17H21F3N4. The minimum atomic E-state index is -4.53. The van der Waals surface area contributed by atoms with Crippen LogP contribution in [0.3, 0.4) is 0 Å². The molecule has 0 amide bonds. The summed E-state index contributed by atoms with van der Waals surface area (Å²) in [5.74, 6) is 0.0730. The minimum Gasteiger partial charge on any atom is -0.352 e. The van der Waals surface area contributed by atoms with E-state index in [1.807, 2.05) is 45.9 Å². The van der Waals surface area contributed by atoms with Crippen molar-refractivity contribution in [3.63, 3.8) is 0 Å². The molecule has 0 unspecified atom stereocenters. The number of halogens is 3. The molecule has 4 nitrogen and oxygen atoms in total. The number of hydrogen-bond acceptors (Lipinski definition) is 4. The molecule has 0 aliphatic rings. The molecule has 2 aromatic rings. The van der Waals surface area contributed by atoms with Gasteiger partial charge in [-0.25, -0.2) is 4.98 Å². The van der Waals surface area contributed by atoms with Crippen LogP contribution < -0.4 is 10.6 Å². The molecule has 24 heavy (non-hydrogen) atoms. The van der Waals surface area contributed by atoms with Crippen LogP contribution in [0, 0.1) is 13.8 Å². The van der Waals surface area contributed by atoms with Crippen molar-refractivity contribution in [3.05, 3.63) is 41.1 Å². The van der Waals surface area contributed by atoms with Crippen LogP contribution in [0.1, 0.15) is 37.1 Å². The van der Waals surface area contributed by atoms with Crippen molar-refractivity contribution >= 4 is 17.5 Å². The van der Waals surface area contributed by atoms with E-state index >= 15 is 0 Å². The van der Waals surface area contributed by atoms with Gasteiger partial charge in [0.15, 0.2) is 5.69 Å². The van der Waals surface area contributed by atoms with E-state index < -0.39 is 11.9 Å². The second-order valence-electron chi connectivity index (χ2n) is 5.86. The summed E-state index contributed by atoms with van der Waals surface area (Å²) in [5, 5.41) is 5.86. The van der Waals surface area contributed by atoms with Gasteiger partial charge in [0.1, 0.15) is 5.82 Å². The maximum Gasteiger partial charge on any atom is 0.433 e. The Labute approximate surface area is 139 Å². The largest absolute Gasteiger partial charge is 0.433 e. The van der Waals surface area contributed by atoms with Crippen molar-refractivity contribution in [3.8, 4) is 0 Å². The van der Waals surface area contributed by atoms with Gasteiger partial charge in [-0.15, -0.1) is 0 Å². The second kappa shape index (κ2) is 7.07. The fourth-order valence-electron chi connectivity index (χ4n) is 2.05. The quantitative estimate of drug-likeness (QED) is 0.799. The monoisotopic (exact) mass is 338 g/mol. The Kier molecular flexibility index (Phi) is 5.31. The van der Waals surface area contributed by atoms with Gasteiger partial charge in [-0.2, -0.15) is 18.2 Å². The predicted octanol–water partition coefficient (Wildman–Crippen LogP) is 5.07. The van der Waals surface area contributed by atoms with E-state index in [4.69, 9.17) is 0 Å². The summed E-state index contributed by atoms with van der Waals surface area (Å²) in [7, 11) is 0. The van der Waals surface area contributed by atoms with E-state index in [0.29, 0.717) is 0 Å². The number of aryl methyl sites for hydroxylation is 2. The average Bonchev–Trinajstić information content (AvgIpc) is 2.49. The van der Waals surface area contributed by atoms with E-state index in [1.54, 1.807) is 0 Å². The Morgan fingerprint density at radius 3 is 2.46 bits per heavy atom. The highest BCUT2D eigenvalue weighted by atomic mass is 19.4. The van der Waals surface area contributed by atoms with Crippen molar-refractivity contribution in [2.24, 2.45) is 0 Å². The predicted molar refractivity (Wildman–Crippen MR) is 89.6 cm³/mol. The molecule has 130 valence electrons. The zero-order chi connectivity index (χ0) is 17.9. The van der Waals surface area contributed by atoms with Crippen molar-refractivity contribution < 1.29 is 13.2 Å². The molecule has 0 fully saturated rings. The van der Waals surface area contributed by atoms with Gasteiger partial charge >= 0.3 is 6.18 Å². The third-order valence-corrected chi connectivity index (χ3v) is 3.66. The summed E-state index contributed by atoms with van der Waals surface area (Å²) >= 11 is 0. The van der Waals surface area contributed by atoms with Gasteiger partial charge in [0, 0.05) is 17.8 Å². The van der Waals surface area contributed by atoms with E-state index in [0.717, 1.165) is 29.3 Å². The summed E-state index contributed by atoms with van der Waals surface area (Å²) < 4.78 is 39.3. The van der Waals surface area contributed by atoms with Gasteiger partial charge in [-0.1, -0.05) is 19.1 Å². The molecule has 2 rings (SSSR count). The van der Waals surface area contributed by atoms with Crippen molar-refractivity contribution in [1.82, 2.24) is 9.97 Å². The molecule has 0 spiro atoms. The van der Waals surface area contributed by atoms with Crippen LogP contribution in [0.25, 0.3) is 0 Å². The highest BCUT2D eigenvalue weighted by Crippen LogP contribution is 2.31. The first-order valence-corrected chi connectivity index (χ1v) is 7.76. The van der Waals surface area contributed by atoms with Crippen LogP contribution in [0.4, 0.5) is 30.6 Å². The Hall–Kier alpha value is -2.31. The highest BCUT2D eigenvalue weighted by Gasteiger charge is 2.34. The van der Waals surface area contributed by atoms with E-state index in [9.17, 15) is 13.2 Å². The Morgan fingerprint density at radius 1 is 1.12 bits per heavy atom. The fraction of sp³-hybridized carbons (Fsp3) is 0.412. The molecule has 0 saturated heterocycles. The van der Waals surface area contributed by atoms with Crippen molar-refractivity contribution in [2.75, 3.05) is 10.6 Å². The van der Waals surface area contributed by atoms with E-state index in [2.05, 4.69) is 20.6 Å². The van der Waals surface area contributed by atoms with Crippen LogP contribution >= 0.6 is 0 Å². The summed E-state index contributed by atoms with van der Waals surface area (Å²) in [6, 6.07) is 6.61. The van der Waals surface area contributed by atoms with Gasteiger partial charge in [0.2, 0.25) is 5.95 Å². The number of benzene rings is 1. The lowest BCUT2D eigenvalue weighted by Crippen LogP contribution is -2.18. The SMILES string of the molecule is CC[C@@H](C)Nc1nc(Nc2cc(C)ccc2C)cc(C(F)(F)F)n1. The number of anilines is 3. The summed E-state index contributed by atoms with van der Waals surface area (Å²) in [4.78, 5) is 7.75. The molecule has 1 aromatic carbocycles. The van der Waals surface area contributed by atoms with Crippen LogP contribution in [-0.4, -0.2) is 16.0 Å². The third-order valence-electron chi connectivity index (χ3n) is 3.66. The minimum absolute atomic E-state index is 0.0259. The maximum atomic E-state index is 13.1. The lowest BCUT2D eigenvalue weighted by atomic mass is 10.1. The van der Waals surface area contributed by atoms with Crippen LogP contribution in [0.2, 0.25) is 0 Å². The fourth-order valence-corrected chi connectivity index (χ4v) is 2.05. The summed E-state index contributed by atoms with van der Waals surface area (Å²) in [6.07, 6.45) is -3.79. The summed E-state index contributed by atoms with van der Waals surface area (Å²) in [6.45, 7) is 7.59. The van der Waals surface area contributed by atoms with Gasteiger partial charge in [0.05, 0.1) is 0 Å². The molecule has 0 aliphatic heterocycles. The van der Waals surface area contributed by atoms with Gasteiger partial charge in [0.25, 0.3) is 0 Å². The average molecular weight is 338 g/mol. The highest BCUT2D eigenvalue weighted by molar-refractivity contribution is 5.62. The molecule has 0 aliphatic carbocycles. The molecule has 2 N–H and O–H groups in total. The molecule has 7 heteroatoms. The number of alkyl halides is 3. The first kappa shape index (κ1) is 18.0. The Bertz CT molecular complexity index is 713. The third kappa shape index (κ3) is 4.59. The zero-order valence-corrected chi connectivity index (χ0v) is 14.1. The summed E-state index contributed by atoms with van der Waals surface area (Å²) in [5.41, 5.74) is 1.67. The van der Waals surface area contributed by atoms with Gasteiger partial charge in [-0.05, 0) is 44.4 Å². The second-order valence-corrected chi connectivity index (χ2v) is 5.86. The molecule has 0 bridgehead atoms.